The monoisotopic (exact) mass is 249 g/mol. The fraction of sp³-hybridized carbons (Fsp3) is 1.00. The lowest BCUT2D eigenvalue weighted by atomic mass is 10.1. The van der Waals surface area contributed by atoms with Gasteiger partial charge in [0, 0.05) is 19.2 Å². The second kappa shape index (κ2) is 4.60. The molecule has 6 heteroatoms. The summed E-state index contributed by atoms with van der Waals surface area (Å²) in [4.78, 5) is 0. The average molecular weight is 249 g/mol. The van der Waals surface area contributed by atoms with Crippen molar-refractivity contribution in [2.75, 3.05) is 18.6 Å². The van der Waals surface area contributed by atoms with Gasteiger partial charge in [-0.05, 0) is 19.3 Å². The molecule has 16 heavy (non-hydrogen) atoms. The van der Waals surface area contributed by atoms with E-state index in [1.54, 1.807) is 7.11 Å². The highest BCUT2D eigenvalue weighted by Gasteiger charge is 2.39. The van der Waals surface area contributed by atoms with Gasteiger partial charge in [-0.3, -0.25) is 0 Å². The van der Waals surface area contributed by atoms with Crippen molar-refractivity contribution in [1.29, 1.82) is 0 Å². The number of nitrogens with one attached hydrogen (secondary N) is 1. The van der Waals surface area contributed by atoms with Crippen molar-refractivity contribution in [2.24, 2.45) is 0 Å². The van der Waals surface area contributed by atoms with E-state index in [-0.39, 0.29) is 29.7 Å². The van der Waals surface area contributed by atoms with Gasteiger partial charge in [-0.1, -0.05) is 0 Å². The lowest BCUT2D eigenvalue weighted by molar-refractivity contribution is 0.0721. The molecule has 1 aliphatic heterocycles. The standard InChI is InChI=1S/C10H19NO4S/c1-15-10-4-2-3-7(10)11-8-5-16(13,14)6-9(8)12/h7-12H,2-6H2,1H3. The van der Waals surface area contributed by atoms with Crippen LogP contribution < -0.4 is 5.32 Å². The molecule has 1 saturated heterocycles. The van der Waals surface area contributed by atoms with Crippen LogP contribution >= 0.6 is 0 Å². The predicted octanol–water partition coefficient (Wildman–Crippen LogP) is -0.699. The van der Waals surface area contributed by atoms with Gasteiger partial charge >= 0.3 is 0 Å². The lowest BCUT2D eigenvalue weighted by Crippen LogP contribution is -2.48. The van der Waals surface area contributed by atoms with E-state index >= 15 is 0 Å². The Morgan fingerprint density at radius 3 is 2.56 bits per heavy atom. The fourth-order valence-corrected chi connectivity index (χ4v) is 4.42. The van der Waals surface area contributed by atoms with Crippen molar-refractivity contribution in [3.63, 3.8) is 0 Å². The molecule has 0 aromatic rings. The molecule has 1 aliphatic carbocycles. The summed E-state index contributed by atoms with van der Waals surface area (Å²) in [5, 5.41) is 12.9. The SMILES string of the molecule is COC1CCCC1NC1CS(=O)(=O)CC1O. The molecule has 2 rings (SSSR count). The van der Waals surface area contributed by atoms with Gasteiger partial charge in [0.15, 0.2) is 9.84 Å². The van der Waals surface area contributed by atoms with Crippen LogP contribution in [0, 0.1) is 0 Å². The summed E-state index contributed by atoms with van der Waals surface area (Å²) in [7, 11) is -1.39. The summed E-state index contributed by atoms with van der Waals surface area (Å²) >= 11 is 0. The molecular weight excluding hydrogens is 230 g/mol. The van der Waals surface area contributed by atoms with Gasteiger partial charge in [0.1, 0.15) is 0 Å². The Labute approximate surface area is 96.1 Å². The largest absolute Gasteiger partial charge is 0.390 e. The summed E-state index contributed by atoms with van der Waals surface area (Å²) in [6.45, 7) is 0. The molecule has 4 unspecified atom stereocenters. The van der Waals surface area contributed by atoms with E-state index in [0.717, 1.165) is 19.3 Å². The smallest absolute Gasteiger partial charge is 0.154 e. The summed E-state index contributed by atoms with van der Waals surface area (Å²) in [5.41, 5.74) is 0. The first kappa shape index (κ1) is 12.3. The Bertz CT molecular complexity index is 343. The Hall–Kier alpha value is -0.170. The number of rotatable bonds is 3. The minimum atomic E-state index is -3.06. The molecule has 0 aromatic carbocycles. The van der Waals surface area contributed by atoms with Gasteiger partial charge in [-0.2, -0.15) is 0 Å². The topological polar surface area (TPSA) is 75.6 Å². The highest BCUT2D eigenvalue weighted by molar-refractivity contribution is 7.91. The molecule has 0 aromatic heterocycles. The summed E-state index contributed by atoms with van der Waals surface area (Å²) < 4.78 is 28.0. The zero-order chi connectivity index (χ0) is 11.8. The van der Waals surface area contributed by atoms with Crippen molar-refractivity contribution in [1.82, 2.24) is 5.32 Å². The van der Waals surface area contributed by atoms with Crippen LogP contribution in [0.2, 0.25) is 0 Å². The van der Waals surface area contributed by atoms with Gasteiger partial charge in [0.05, 0.1) is 23.7 Å². The molecule has 2 fully saturated rings. The molecule has 1 heterocycles. The predicted molar refractivity (Wildman–Crippen MR) is 60.0 cm³/mol. The van der Waals surface area contributed by atoms with E-state index in [2.05, 4.69) is 5.32 Å². The van der Waals surface area contributed by atoms with E-state index in [9.17, 15) is 13.5 Å². The van der Waals surface area contributed by atoms with Crippen LogP contribution in [-0.4, -0.2) is 56.4 Å². The van der Waals surface area contributed by atoms with E-state index in [1.807, 2.05) is 0 Å². The molecule has 0 spiro atoms. The third-order valence-electron chi connectivity index (χ3n) is 3.51. The van der Waals surface area contributed by atoms with Gasteiger partial charge in [0.25, 0.3) is 0 Å². The molecule has 4 atom stereocenters. The van der Waals surface area contributed by atoms with Crippen LogP contribution in [0.25, 0.3) is 0 Å². The maximum Gasteiger partial charge on any atom is 0.154 e. The number of hydrogen-bond acceptors (Lipinski definition) is 5. The normalized spacial score (nSPS) is 42.6. The zero-order valence-corrected chi connectivity index (χ0v) is 10.2. The van der Waals surface area contributed by atoms with Crippen LogP contribution in [0.4, 0.5) is 0 Å². The Morgan fingerprint density at radius 2 is 2.00 bits per heavy atom. The molecule has 0 radical (unpaired) electrons. The van der Waals surface area contributed by atoms with Gasteiger partial charge in [-0.25, -0.2) is 8.42 Å². The summed E-state index contributed by atoms with van der Waals surface area (Å²) in [6.07, 6.45) is 2.45. The maximum absolute atomic E-state index is 11.3. The first-order chi connectivity index (χ1) is 7.52. The minimum Gasteiger partial charge on any atom is -0.390 e. The number of methoxy groups -OCH3 is 1. The van der Waals surface area contributed by atoms with Crippen LogP contribution in [0.1, 0.15) is 19.3 Å². The molecule has 0 amide bonds. The minimum absolute atomic E-state index is 0.0428. The highest BCUT2D eigenvalue weighted by atomic mass is 32.2. The number of sulfone groups is 1. The van der Waals surface area contributed by atoms with E-state index in [0.29, 0.717) is 0 Å². The summed E-state index contributed by atoms with van der Waals surface area (Å²) in [5.74, 6) is -0.0733. The number of ether oxygens (including phenoxy) is 1. The maximum atomic E-state index is 11.3. The van der Waals surface area contributed by atoms with Crippen LogP contribution in [0.5, 0.6) is 0 Å². The third-order valence-corrected chi connectivity index (χ3v) is 5.22. The molecule has 94 valence electrons. The van der Waals surface area contributed by atoms with Gasteiger partial charge in [0.2, 0.25) is 0 Å². The van der Waals surface area contributed by atoms with E-state index < -0.39 is 15.9 Å². The quantitative estimate of drug-likeness (QED) is 0.692. The summed E-state index contributed by atoms with van der Waals surface area (Å²) in [6, 6.07) is -0.149. The van der Waals surface area contributed by atoms with Crippen LogP contribution in [0.3, 0.4) is 0 Å². The Kier molecular flexibility index (Phi) is 3.53. The van der Waals surface area contributed by atoms with Crippen molar-refractivity contribution in [3.8, 4) is 0 Å². The van der Waals surface area contributed by atoms with Crippen molar-refractivity contribution >= 4 is 9.84 Å². The molecule has 1 saturated carbocycles. The number of aliphatic hydroxyl groups excluding tert-OH is 1. The molecule has 2 aliphatic rings. The Balaban J connectivity index is 1.95. The van der Waals surface area contributed by atoms with Crippen molar-refractivity contribution in [3.05, 3.63) is 0 Å². The lowest BCUT2D eigenvalue weighted by Gasteiger charge is -2.24. The van der Waals surface area contributed by atoms with Gasteiger partial charge in [-0.15, -0.1) is 0 Å². The Morgan fingerprint density at radius 1 is 1.25 bits per heavy atom. The number of hydrogen-bond donors (Lipinski definition) is 2. The molecule has 0 bridgehead atoms. The van der Waals surface area contributed by atoms with Crippen molar-refractivity contribution in [2.45, 2.75) is 43.6 Å². The first-order valence-electron chi connectivity index (χ1n) is 5.69. The van der Waals surface area contributed by atoms with Gasteiger partial charge < -0.3 is 15.2 Å². The van der Waals surface area contributed by atoms with Crippen molar-refractivity contribution < 1.29 is 18.3 Å². The molecule has 2 N–H and O–H groups in total. The zero-order valence-electron chi connectivity index (χ0n) is 9.43. The van der Waals surface area contributed by atoms with E-state index in [1.165, 1.54) is 0 Å². The second-order valence-corrected chi connectivity index (χ2v) is 6.88. The highest BCUT2D eigenvalue weighted by Crippen LogP contribution is 2.23. The molecule has 5 nitrogen and oxygen atoms in total. The first-order valence-corrected chi connectivity index (χ1v) is 7.51. The second-order valence-electron chi connectivity index (χ2n) is 4.73. The molecular formula is C10H19NO4S. The fourth-order valence-electron chi connectivity index (χ4n) is 2.66. The van der Waals surface area contributed by atoms with Crippen LogP contribution in [0.15, 0.2) is 0 Å². The average Bonchev–Trinajstić information content (AvgIpc) is 2.71. The third kappa shape index (κ3) is 2.56. The van der Waals surface area contributed by atoms with Crippen LogP contribution in [-0.2, 0) is 14.6 Å². The number of aliphatic hydroxyl groups is 1. The van der Waals surface area contributed by atoms with E-state index in [4.69, 9.17) is 4.74 Å².